The molecule has 88 valence electrons. The Bertz CT molecular complexity index is 341. The number of rotatable bonds is 2. The van der Waals surface area contributed by atoms with E-state index in [0.29, 0.717) is 11.3 Å². The van der Waals surface area contributed by atoms with Crippen LogP contribution in [-0.4, -0.2) is 28.4 Å². The summed E-state index contributed by atoms with van der Waals surface area (Å²) in [4.78, 5) is 6.83. The van der Waals surface area contributed by atoms with Crippen LogP contribution >= 0.6 is 27.5 Å². The first kappa shape index (κ1) is 12.3. The van der Waals surface area contributed by atoms with Gasteiger partial charge in [0.15, 0.2) is 0 Å². The number of nitrogens with zero attached hydrogens (tertiary/aromatic N) is 2. The fraction of sp³-hybridized carbons (Fsp3) is 0.583. The van der Waals surface area contributed by atoms with Crippen molar-refractivity contribution in [1.82, 2.24) is 9.88 Å². The molecule has 1 aliphatic heterocycles. The van der Waals surface area contributed by atoms with Gasteiger partial charge in [-0.15, -0.1) is 11.6 Å². The second-order valence-electron chi connectivity index (χ2n) is 4.48. The van der Waals surface area contributed by atoms with E-state index in [4.69, 9.17) is 11.6 Å². The molecule has 0 spiro atoms. The van der Waals surface area contributed by atoms with Crippen LogP contribution in [-0.2, 0) is 6.54 Å². The molecule has 0 saturated carbocycles. The van der Waals surface area contributed by atoms with Gasteiger partial charge in [0.2, 0.25) is 0 Å². The van der Waals surface area contributed by atoms with Crippen molar-refractivity contribution in [3.05, 3.63) is 28.5 Å². The van der Waals surface area contributed by atoms with Gasteiger partial charge in [0, 0.05) is 29.1 Å². The second kappa shape index (κ2) is 5.48. The first-order valence-corrected chi connectivity index (χ1v) is 6.85. The minimum Gasteiger partial charge on any atom is -0.297 e. The average molecular weight is 304 g/mol. The topological polar surface area (TPSA) is 16.1 Å². The number of likely N-dealkylation sites (tertiary alicyclic amines) is 1. The van der Waals surface area contributed by atoms with E-state index in [0.717, 1.165) is 36.2 Å². The Labute approximate surface area is 110 Å². The summed E-state index contributed by atoms with van der Waals surface area (Å²) in [6, 6.07) is 4.11. The molecule has 2 unspecified atom stereocenters. The molecule has 1 aromatic heterocycles. The maximum atomic E-state index is 6.21. The number of halogens is 2. The summed E-state index contributed by atoms with van der Waals surface area (Å²) >= 11 is 9.60. The van der Waals surface area contributed by atoms with Gasteiger partial charge in [0.05, 0.1) is 5.69 Å². The Morgan fingerprint density at radius 3 is 3.00 bits per heavy atom. The molecule has 2 heterocycles. The molecule has 0 N–H and O–H groups in total. The highest BCUT2D eigenvalue weighted by atomic mass is 79.9. The van der Waals surface area contributed by atoms with Crippen molar-refractivity contribution in [3.8, 4) is 0 Å². The quantitative estimate of drug-likeness (QED) is 0.779. The number of piperidine rings is 1. The van der Waals surface area contributed by atoms with E-state index in [2.05, 4.69) is 38.8 Å². The van der Waals surface area contributed by atoms with Crippen molar-refractivity contribution in [2.24, 2.45) is 5.92 Å². The number of aromatic nitrogens is 1. The lowest BCUT2D eigenvalue weighted by Crippen LogP contribution is -2.39. The van der Waals surface area contributed by atoms with Gasteiger partial charge in [-0.3, -0.25) is 9.88 Å². The van der Waals surface area contributed by atoms with Crippen molar-refractivity contribution in [2.75, 3.05) is 13.1 Å². The minimum atomic E-state index is 0.342. The van der Waals surface area contributed by atoms with Crippen LogP contribution in [0.3, 0.4) is 0 Å². The monoisotopic (exact) mass is 302 g/mol. The Balaban J connectivity index is 1.93. The van der Waals surface area contributed by atoms with Gasteiger partial charge in [-0.1, -0.05) is 6.92 Å². The third kappa shape index (κ3) is 3.19. The summed E-state index contributed by atoms with van der Waals surface area (Å²) in [6.07, 6.45) is 2.94. The fourth-order valence-corrected chi connectivity index (χ4v) is 2.49. The smallest absolute Gasteiger partial charge is 0.0544 e. The predicted octanol–water partition coefficient (Wildman–Crippen LogP) is 3.29. The van der Waals surface area contributed by atoms with Crippen LogP contribution in [0.15, 0.2) is 22.8 Å². The molecule has 4 heteroatoms. The van der Waals surface area contributed by atoms with E-state index in [1.165, 1.54) is 0 Å². The predicted molar refractivity (Wildman–Crippen MR) is 70.6 cm³/mol. The highest BCUT2D eigenvalue weighted by molar-refractivity contribution is 9.10. The van der Waals surface area contributed by atoms with E-state index < -0.39 is 0 Å². The zero-order valence-corrected chi connectivity index (χ0v) is 11.7. The summed E-state index contributed by atoms with van der Waals surface area (Å²) in [5.41, 5.74) is 1.13. The Morgan fingerprint density at radius 2 is 2.38 bits per heavy atom. The number of pyridine rings is 1. The Hall–Kier alpha value is -0.120. The van der Waals surface area contributed by atoms with Crippen molar-refractivity contribution in [2.45, 2.75) is 25.3 Å². The lowest BCUT2D eigenvalue weighted by atomic mass is 9.99. The SMILES string of the molecule is CC1CN(Cc2ccc(Br)cn2)CCC1Cl. The maximum absolute atomic E-state index is 6.21. The Morgan fingerprint density at radius 1 is 1.56 bits per heavy atom. The molecular weight excluding hydrogens is 288 g/mol. The molecule has 0 bridgehead atoms. The van der Waals surface area contributed by atoms with Crippen LogP contribution in [0.2, 0.25) is 0 Å². The number of alkyl halides is 1. The molecule has 2 nitrogen and oxygen atoms in total. The molecule has 0 amide bonds. The lowest BCUT2D eigenvalue weighted by molar-refractivity contribution is 0.178. The molecule has 0 radical (unpaired) electrons. The van der Waals surface area contributed by atoms with Gasteiger partial charge in [-0.25, -0.2) is 0 Å². The summed E-state index contributed by atoms with van der Waals surface area (Å²) in [5.74, 6) is 0.575. The molecule has 2 rings (SSSR count). The number of hydrogen-bond donors (Lipinski definition) is 0. The first-order valence-electron chi connectivity index (χ1n) is 5.62. The minimum absolute atomic E-state index is 0.342. The highest BCUT2D eigenvalue weighted by Gasteiger charge is 2.24. The normalized spacial score (nSPS) is 26.9. The van der Waals surface area contributed by atoms with Gasteiger partial charge in [-0.05, 0) is 46.9 Å². The average Bonchev–Trinajstić information content (AvgIpc) is 2.27. The molecular formula is C12H16BrClN2. The van der Waals surface area contributed by atoms with Gasteiger partial charge in [-0.2, -0.15) is 0 Å². The van der Waals surface area contributed by atoms with Crippen LogP contribution in [0, 0.1) is 5.92 Å². The van der Waals surface area contributed by atoms with Gasteiger partial charge in [0.1, 0.15) is 0 Å². The fourth-order valence-electron chi connectivity index (χ4n) is 2.08. The molecule has 0 aliphatic carbocycles. The highest BCUT2D eigenvalue weighted by Crippen LogP contribution is 2.22. The van der Waals surface area contributed by atoms with E-state index >= 15 is 0 Å². The first-order chi connectivity index (χ1) is 7.65. The third-order valence-corrected chi connectivity index (χ3v) is 4.18. The summed E-state index contributed by atoms with van der Waals surface area (Å²) in [5, 5.41) is 0.342. The van der Waals surface area contributed by atoms with Crippen molar-refractivity contribution >= 4 is 27.5 Å². The summed E-state index contributed by atoms with van der Waals surface area (Å²) in [7, 11) is 0. The van der Waals surface area contributed by atoms with Crippen molar-refractivity contribution in [3.63, 3.8) is 0 Å². The van der Waals surface area contributed by atoms with E-state index in [1.807, 2.05) is 12.3 Å². The maximum Gasteiger partial charge on any atom is 0.0544 e. The Kier molecular flexibility index (Phi) is 4.22. The van der Waals surface area contributed by atoms with Crippen LogP contribution in [0.4, 0.5) is 0 Å². The molecule has 1 aromatic rings. The molecule has 1 aliphatic rings. The molecule has 1 fully saturated rings. The van der Waals surface area contributed by atoms with Crippen LogP contribution in [0.1, 0.15) is 19.0 Å². The summed E-state index contributed by atoms with van der Waals surface area (Å²) < 4.78 is 1.03. The molecule has 0 aromatic carbocycles. The van der Waals surface area contributed by atoms with Gasteiger partial charge >= 0.3 is 0 Å². The molecule has 1 saturated heterocycles. The summed E-state index contributed by atoms with van der Waals surface area (Å²) in [6.45, 7) is 5.31. The second-order valence-corrected chi connectivity index (χ2v) is 5.96. The van der Waals surface area contributed by atoms with E-state index in [-0.39, 0.29) is 0 Å². The van der Waals surface area contributed by atoms with Crippen molar-refractivity contribution in [1.29, 1.82) is 0 Å². The zero-order valence-electron chi connectivity index (χ0n) is 9.37. The molecule has 2 atom stereocenters. The van der Waals surface area contributed by atoms with Gasteiger partial charge < -0.3 is 0 Å². The third-order valence-electron chi connectivity index (χ3n) is 3.06. The van der Waals surface area contributed by atoms with E-state index in [9.17, 15) is 0 Å². The van der Waals surface area contributed by atoms with Crippen LogP contribution < -0.4 is 0 Å². The number of hydrogen-bond acceptors (Lipinski definition) is 2. The largest absolute Gasteiger partial charge is 0.297 e. The molecule has 16 heavy (non-hydrogen) atoms. The van der Waals surface area contributed by atoms with E-state index in [1.54, 1.807) is 0 Å². The zero-order chi connectivity index (χ0) is 11.5. The van der Waals surface area contributed by atoms with Crippen LogP contribution in [0.25, 0.3) is 0 Å². The van der Waals surface area contributed by atoms with Crippen LogP contribution in [0.5, 0.6) is 0 Å². The standard InChI is InChI=1S/C12H16BrClN2/c1-9-7-16(5-4-12(9)14)8-11-3-2-10(13)6-15-11/h2-3,6,9,12H,4-5,7-8H2,1H3. The lowest BCUT2D eigenvalue weighted by Gasteiger charge is -2.33. The van der Waals surface area contributed by atoms with Gasteiger partial charge in [0.25, 0.3) is 0 Å². The van der Waals surface area contributed by atoms with Crippen molar-refractivity contribution < 1.29 is 0 Å².